The van der Waals surface area contributed by atoms with E-state index in [1.165, 1.54) is 6.07 Å². The highest BCUT2D eigenvalue weighted by atomic mass is 35.5. The number of carbonyl (C=O) groups is 1. The van der Waals surface area contributed by atoms with E-state index >= 15 is 0 Å². The van der Waals surface area contributed by atoms with Crippen LogP contribution in [0.1, 0.15) is 28.8 Å². The molecule has 0 aromatic heterocycles. The third-order valence-corrected chi connectivity index (χ3v) is 4.48. The van der Waals surface area contributed by atoms with Gasteiger partial charge >= 0.3 is 0 Å². The van der Waals surface area contributed by atoms with Crippen molar-refractivity contribution in [3.63, 3.8) is 0 Å². The van der Waals surface area contributed by atoms with Gasteiger partial charge in [0.25, 0.3) is 5.91 Å². The molecule has 1 aliphatic heterocycles. The number of carbonyl (C=O) groups excluding carboxylic acids is 1. The first-order valence-electron chi connectivity index (χ1n) is 8.13. The van der Waals surface area contributed by atoms with Crippen LogP contribution in [0.2, 0.25) is 5.02 Å². The summed E-state index contributed by atoms with van der Waals surface area (Å²) in [6.07, 6.45) is 1.54. The zero-order chi connectivity index (χ0) is 17.8. The summed E-state index contributed by atoms with van der Waals surface area (Å²) in [6, 6.07) is 10.5. The second-order valence-corrected chi connectivity index (χ2v) is 6.52. The second-order valence-electron chi connectivity index (χ2n) is 6.08. The van der Waals surface area contributed by atoms with Gasteiger partial charge < -0.3 is 9.64 Å². The van der Waals surface area contributed by atoms with E-state index in [1.54, 1.807) is 29.2 Å². The van der Waals surface area contributed by atoms with Gasteiger partial charge in [0.05, 0.1) is 12.7 Å². The van der Waals surface area contributed by atoms with Crippen LogP contribution in [0, 0.1) is 11.6 Å². The number of hydrogen-bond donors (Lipinski definition) is 0. The molecular formula is C19H18ClF2NO2. The number of hydrogen-bond acceptors (Lipinski definition) is 2. The molecule has 2 aromatic rings. The van der Waals surface area contributed by atoms with Crippen LogP contribution >= 0.6 is 11.6 Å². The van der Waals surface area contributed by atoms with Crippen LogP contribution in [0.15, 0.2) is 42.5 Å². The highest BCUT2D eigenvalue weighted by molar-refractivity contribution is 6.30. The van der Waals surface area contributed by atoms with Crippen LogP contribution in [-0.4, -0.2) is 30.0 Å². The lowest BCUT2D eigenvalue weighted by Gasteiger charge is -2.32. The van der Waals surface area contributed by atoms with Crippen LogP contribution in [0.4, 0.5) is 8.78 Å². The number of amides is 1. The highest BCUT2D eigenvalue weighted by Crippen LogP contribution is 2.19. The molecule has 3 nitrogen and oxygen atoms in total. The van der Waals surface area contributed by atoms with E-state index in [1.807, 2.05) is 0 Å². The van der Waals surface area contributed by atoms with E-state index < -0.39 is 11.6 Å². The van der Waals surface area contributed by atoms with Crippen LogP contribution in [0.3, 0.4) is 0 Å². The summed E-state index contributed by atoms with van der Waals surface area (Å²) in [5.74, 6) is -1.82. The van der Waals surface area contributed by atoms with E-state index in [9.17, 15) is 13.6 Å². The predicted octanol–water partition coefficient (Wildman–Crippen LogP) is 4.44. The van der Waals surface area contributed by atoms with Gasteiger partial charge in [0, 0.05) is 23.7 Å². The van der Waals surface area contributed by atoms with Crippen LogP contribution in [0.25, 0.3) is 0 Å². The van der Waals surface area contributed by atoms with Gasteiger partial charge in [-0.3, -0.25) is 4.79 Å². The number of benzene rings is 2. The highest BCUT2D eigenvalue weighted by Gasteiger charge is 2.25. The largest absolute Gasteiger partial charge is 0.372 e. The van der Waals surface area contributed by atoms with Crippen molar-refractivity contribution in [2.24, 2.45) is 0 Å². The Morgan fingerprint density at radius 1 is 1.16 bits per heavy atom. The second kappa shape index (κ2) is 7.93. The topological polar surface area (TPSA) is 29.5 Å². The summed E-state index contributed by atoms with van der Waals surface area (Å²) in [5, 5.41) is 0.586. The monoisotopic (exact) mass is 365 g/mol. The zero-order valence-electron chi connectivity index (χ0n) is 13.6. The van der Waals surface area contributed by atoms with Gasteiger partial charge in [-0.1, -0.05) is 17.7 Å². The molecule has 0 aliphatic carbocycles. The van der Waals surface area contributed by atoms with E-state index in [4.69, 9.17) is 16.3 Å². The molecule has 0 N–H and O–H groups in total. The Morgan fingerprint density at radius 3 is 2.64 bits per heavy atom. The van der Waals surface area contributed by atoms with Gasteiger partial charge in [-0.05, 0) is 54.8 Å². The molecule has 1 aliphatic rings. The number of ether oxygens (including phenoxy) is 1. The van der Waals surface area contributed by atoms with Crippen molar-refractivity contribution in [1.82, 2.24) is 4.90 Å². The molecule has 1 amide bonds. The Hall–Kier alpha value is -1.98. The summed E-state index contributed by atoms with van der Waals surface area (Å²) < 4.78 is 32.0. The first kappa shape index (κ1) is 17.8. The van der Waals surface area contributed by atoms with Crippen LogP contribution in [-0.2, 0) is 11.3 Å². The SMILES string of the molecule is O=C(c1ccc(Cl)cc1)N1CCC[C@H](OCc2ccc(F)c(F)c2)C1. The van der Waals surface area contributed by atoms with Gasteiger partial charge in [-0.25, -0.2) is 8.78 Å². The van der Waals surface area contributed by atoms with Gasteiger partial charge in [0.1, 0.15) is 0 Å². The Kier molecular flexibility index (Phi) is 5.66. The molecule has 1 saturated heterocycles. The maximum atomic E-state index is 13.2. The van der Waals surface area contributed by atoms with Crippen molar-refractivity contribution in [2.75, 3.05) is 13.1 Å². The summed E-state index contributed by atoms with van der Waals surface area (Å²) >= 11 is 5.85. The summed E-state index contributed by atoms with van der Waals surface area (Å²) in [5.41, 5.74) is 1.16. The molecule has 0 spiro atoms. The van der Waals surface area contributed by atoms with Crippen molar-refractivity contribution < 1.29 is 18.3 Å². The molecule has 3 rings (SSSR count). The maximum Gasteiger partial charge on any atom is 0.253 e. The van der Waals surface area contributed by atoms with Gasteiger partial charge in [0.15, 0.2) is 11.6 Å². The van der Waals surface area contributed by atoms with Crippen molar-refractivity contribution in [3.05, 3.63) is 70.2 Å². The molecule has 1 heterocycles. The number of piperidine rings is 1. The quantitative estimate of drug-likeness (QED) is 0.801. The molecular weight excluding hydrogens is 348 g/mol. The van der Waals surface area contributed by atoms with Crippen LogP contribution < -0.4 is 0 Å². The van der Waals surface area contributed by atoms with Crippen molar-refractivity contribution in [1.29, 1.82) is 0 Å². The molecule has 6 heteroatoms. The summed E-state index contributed by atoms with van der Waals surface area (Å²) in [7, 11) is 0. The van der Waals surface area contributed by atoms with Crippen molar-refractivity contribution in [2.45, 2.75) is 25.6 Å². The molecule has 1 atom stereocenters. The lowest BCUT2D eigenvalue weighted by molar-refractivity contribution is -0.00682. The molecule has 1 fully saturated rings. The molecule has 0 bridgehead atoms. The Balaban J connectivity index is 1.58. The van der Waals surface area contributed by atoms with E-state index in [0.29, 0.717) is 29.2 Å². The first-order valence-corrected chi connectivity index (χ1v) is 8.51. The van der Waals surface area contributed by atoms with Gasteiger partial charge in [-0.2, -0.15) is 0 Å². The molecule has 0 radical (unpaired) electrons. The molecule has 0 saturated carbocycles. The third-order valence-electron chi connectivity index (χ3n) is 4.23. The normalized spacial score (nSPS) is 17.6. The fourth-order valence-corrected chi connectivity index (χ4v) is 3.00. The molecule has 132 valence electrons. The van der Waals surface area contributed by atoms with E-state index in [2.05, 4.69) is 0 Å². The Bertz CT molecular complexity index is 752. The number of likely N-dealkylation sites (tertiary alicyclic amines) is 1. The average molecular weight is 366 g/mol. The predicted molar refractivity (Wildman–Crippen MR) is 91.5 cm³/mol. The fourth-order valence-electron chi connectivity index (χ4n) is 2.88. The lowest BCUT2D eigenvalue weighted by atomic mass is 10.1. The molecule has 25 heavy (non-hydrogen) atoms. The Morgan fingerprint density at radius 2 is 1.92 bits per heavy atom. The minimum atomic E-state index is -0.885. The lowest BCUT2D eigenvalue weighted by Crippen LogP contribution is -2.43. The molecule has 0 unspecified atom stereocenters. The first-order chi connectivity index (χ1) is 12.0. The smallest absolute Gasteiger partial charge is 0.253 e. The summed E-state index contributed by atoms with van der Waals surface area (Å²) in [4.78, 5) is 14.3. The third kappa shape index (κ3) is 4.55. The van der Waals surface area contributed by atoms with Gasteiger partial charge in [-0.15, -0.1) is 0 Å². The van der Waals surface area contributed by atoms with E-state index in [0.717, 1.165) is 25.0 Å². The maximum absolute atomic E-state index is 13.2. The average Bonchev–Trinajstić information content (AvgIpc) is 2.63. The number of nitrogens with zero attached hydrogens (tertiary/aromatic N) is 1. The van der Waals surface area contributed by atoms with Crippen molar-refractivity contribution >= 4 is 17.5 Å². The van der Waals surface area contributed by atoms with Crippen LogP contribution in [0.5, 0.6) is 0 Å². The fraction of sp³-hybridized carbons (Fsp3) is 0.316. The van der Waals surface area contributed by atoms with Gasteiger partial charge in [0.2, 0.25) is 0 Å². The number of halogens is 3. The molecule has 2 aromatic carbocycles. The minimum absolute atomic E-state index is 0.0576. The standard InChI is InChI=1S/C19H18ClF2NO2/c20-15-6-4-14(5-7-15)19(24)23-9-1-2-16(11-23)25-12-13-3-8-17(21)18(22)10-13/h3-8,10,16H,1-2,9,11-12H2/t16-/m0/s1. The summed E-state index contributed by atoms with van der Waals surface area (Å²) in [6.45, 7) is 1.34. The number of rotatable bonds is 4. The van der Waals surface area contributed by atoms with Crippen molar-refractivity contribution in [3.8, 4) is 0 Å². The zero-order valence-corrected chi connectivity index (χ0v) is 14.3. The van der Waals surface area contributed by atoms with E-state index in [-0.39, 0.29) is 18.6 Å². The minimum Gasteiger partial charge on any atom is -0.372 e. The Labute approximate surface area is 150 Å².